The van der Waals surface area contributed by atoms with Crippen molar-refractivity contribution in [1.29, 1.82) is 0 Å². The molecule has 0 N–H and O–H groups in total. The van der Waals surface area contributed by atoms with Crippen molar-refractivity contribution in [2.45, 2.75) is 45.8 Å². The number of esters is 1. The fourth-order valence-electron chi connectivity index (χ4n) is 2.18. The molecule has 0 aliphatic carbocycles. The van der Waals surface area contributed by atoms with Crippen LogP contribution in [0, 0.1) is 5.41 Å². The number of carbonyl (C=O) groups excluding carboxylic acids is 2. The van der Waals surface area contributed by atoms with Crippen molar-refractivity contribution in [3.8, 4) is 0 Å². The number of hydrogen-bond donors (Lipinski definition) is 0. The van der Waals surface area contributed by atoms with Gasteiger partial charge in [0.05, 0.1) is 6.54 Å². The van der Waals surface area contributed by atoms with Gasteiger partial charge in [0.25, 0.3) is 0 Å². The van der Waals surface area contributed by atoms with Gasteiger partial charge in [-0.05, 0) is 12.8 Å². The van der Waals surface area contributed by atoms with Crippen LogP contribution in [0.4, 0.5) is 0 Å². The Bertz CT molecular complexity index is 305. The average molecular weight is 211 g/mol. The van der Waals surface area contributed by atoms with Crippen molar-refractivity contribution in [2.24, 2.45) is 5.41 Å². The van der Waals surface area contributed by atoms with E-state index in [0.717, 1.165) is 12.8 Å². The summed E-state index contributed by atoms with van der Waals surface area (Å²) in [6, 6.07) is -0.332. The number of carbonyl (C=O) groups is 2. The van der Waals surface area contributed by atoms with Crippen LogP contribution in [0.3, 0.4) is 0 Å². The first kappa shape index (κ1) is 10.5. The predicted octanol–water partition coefficient (Wildman–Crippen LogP) is 0.949. The van der Waals surface area contributed by atoms with Crippen LogP contribution in [0.15, 0.2) is 0 Å². The first-order valence-electron chi connectivity index (χ1n) is 5.41. The molecule has 3 rings (SSSR count). The van der Waals surface area contributed by atoms with Crippen LogP contribution in [0.25, 0.3) is 0 Å². The molecule has 0 aromatic rings. The second-order valence-electron chi connectivity index (χ2n) is 5.36. The highest BCUT2D eigenvalue weighted by Gasteiger charge is 2.45. The highest BCUT2D eigenvalue weighted by Crippen LogP contribution is 2.30. The van der Waals surface area contributed by atoms with Gasteiger partial charge in [-0.1, -0.05) is 20.8 Å². The first-order chi connectivity index (χ1) is 6.89. The van der Waals surface area contributed by atoms with Gasteiger partial charge in [-0.15, -0.1) is 0 Å². The Hall–Kier alpha value is -1.06. The molecule has 3 fully saturated rings. The van der Waals surface area contributed by atoms with E-state index in [1.165, 1.54) is 0 Å². The number of hydrogen-bond acceptors (Lipinski definition) is 3. The van der Waals surface area contributed by atoms with Gasteiger partial charge in [0.2, 0.25) is 5.91 Å². The van der Waals surface area contributed by atoms with Gasteiger partial charge in [0.15, 0.2) is 0 Å². The highest BCUT2D eigenvalue weighted by atomic mass is 16.6. The summed E-state index contributed by atoms with van der Waals surface area (Å²) in [7, 11) is 0. The molecular weight excluding hydrogens is 194 g/mol. The Labute approximate surface area is 89.6 Å². The lowest BCUT2D eigenvalue weighted by atomic mass is 9.89. The van der Waals surface area contributed by atoms with Crippen molar-refractivity contribution in [2.75, 3.05) is 6.54 Å². The van der Waals surface area contributed by atoms with Crippen molar-refractivity contribution < 1.29 is 14.3 Å². The molecule has 4 nitrogen and oxygen atoms in total. The van der Waals surface area contributed by atoms with E-state index in [-0.39, 0.29) is 24.0 Å². The summed E-state index contributed by atoms with van der Waals surface area (Å²) < 4.78 is 5.15. The molecule has 0 aromatic heterocycles. The molecular formula is C11H17NO3. The number of amides is 1. The minimum absolute atomic E-state index is 0.0499. The maximum atomic E-state index is 12.1. The average Bonchev–Trinajstić information content (AvgIpc) is 2.15. The van der Waals surface area contributed by atoms with E-state index in [0.29, 0.717) is 6.54 Å². The number of morpholine rings is 1. The molecule has 84 valence electrons. The van der Waals surface area contributed by atoms with Gasteiger partial charge in [-0.3, -0.25) is 4.79 Å². The molecule has 0 radical (unpaired) electrons. The monoisotopic (exact) mass is 211 g/mol. The molecule has 15 heavy (non-hydrogen) atoms. The molecule has 0 unspecified atom stereocenters. The van der Waals surface area contributed by atoms with Crippen molar-refractivity contribution in [3.05, 3.63) is 0 Å². The quantitative estimate of drug-likeness (QED) is 0.560. The van der Waals surface area contributed by atoms with Crippen LogP contribution in [0.5, 0.6) is 0 Å². The molecule has 3 heterocycles. The molecule has 0 aromatic carbocycles. The summed E-state index contributed by atoms with van der Waals surface area (Å²) in [6.07, 6.45) is 1.57. The number of rotatable bonds is 0. The fourth-order valence-corrected chi connectivity index (χ4v) is 2.18. The van der Waals surface area contributed by atoms with Gasteiger partial charge in [0, 0.05) is 5.41 Å². The Morgan fingerprint density at radius 3 is 2.53 bits per heavy atom. The Morgan fingerprint density at radius 2 is 2.07 bits per heavy atom. The van der Waals surface area contributed by atoms with Crippen molar-refractivity contribution in [1.82, 2.24) is 4.90 Å². The van der Waals surface area contributed by atoms with Crippen molar-refractivity contribution in [3.63, 3.8) is 0 Å². The molecule has 0 spiro atoms. The van der Waals surface area contributed by atoms with Crippen LogP contribution >= 0.6 is 0 Å². The van der Waals surface area contributed by atoms with Gasteiger partial charge in [-0.2, -0.15) is 0 Å². The summed E-state index contributed by atoms with van der Waals surface area (Å²) in [5.41, 5.74) is -0.419. The Balaban J connectivity index is 2.18. The normalized spacial score (nSPS) is 30.3. The minimum atomic E-state index is -0.419. The summed E-state index contributed by atoms with van der Waals surface area (Å²) >= 11 is 0. The maximum absolute atomic E-state index is 12.1. The lowest BCUT2D eigenvalue weighted by molar-refractivity contribution is -0.183. The van der Waals surface area contributed by atoms with Gasteiger partial charge in [0.1, 0.15) is 12.1 Å². The second-order valence-corrected chi connectivity index (χ2v) is 5.36. The number of nitrogens with zero attached hydrogens (tertiary/aromatic N) is 1. The topological polar surface area (TPSA) is 46.6 Å². The fraction of sp³-hybridized carbons (Fsp3) is 0.818. The smallest absolute Gasteiger partial charge is 0.329 e. The van der Waals surface area contributed by atoms with E-state index in [2.05, 4.69) is 0 Å². The van der Waals surface area contributed by atoms with E-state index in [1.54, 1.807) is 4.90 Å². The lowest BCUT2D eigenvalue weighted by Crippen LogP contribution is -2.61. The van der Waals surface area contributed by atoms with Crippen LogP contribution in [0.1, 0.15) is 33.6 Å². The van der Waals surface area contributed by atoms with Gasteiger partial charge in [-0.25, -0.2) is 4.79 Å². The zero-order valence-corrected chi connectivity index (χ0v) is 9.45. The SMILES string of the molecule is CC(C)(C)C(=O)N1C[C@@H]2CC[C@@H]1C(=O)O2. The molecule has 2 bridgehead atoms. The van der Waals surface area contributed by atoms with Crippen LogP contribution in [0.2, 0.25) is 0 Å². The van der Waals surface area contributed by atoms with Gasteiger partial charge >= 0.3 is 5.97 Å². The second kappa shape index (κ2) is 3.22. The first-order valence-corrected chi connectivity index (χ1v) is 5.41. The highest BCUT2D eigenvalue weighted by molar-refractivity contribution is 5.88. The standard InChI is InChI=1S/C11H17NO3/c1-11(2,3)10(14)12-6-7-4-5-8(12)9(13)15-7/h7-8H,4-6H2,1-3H3/t7-,8+/m0/s1. The Kier molecular flexibility index (Phi) is 2.24. The summed E-state index contributed by atoms with van der Waals surface area (Å²) in [5, 5.41) is 0. The molecule has 0 saturated carbocycles. The third-order valence-electron chi connectivity index (χ3n) is 3.00. The minimum Gasteiger partial charge on any atom is -0.459 e. The largest absolute Gasteiger partial charge is 0.459 e. The van der Waals surface area contributed by atoms with Gasteiger partial charge < -0.3 is 9.64 Å². The number of piperidine rings is 1. The number of ether oxygens (including phenoxy) is 1. The maximum Gasteiger partial charge on any atom is 0.329 e. The molecule has 3 aliphatic heterocycles. The summed E-state index contributed by atoms with van der Waals surface area (Å²) in [6.45, 7) is 6.21. The van der Waals surface area contributed by atoms with E-state index >= 15 is 0 Å². The lowest BCUT2D eigenvalue weighted by Gasteiger charge is -2.45. The van der Waals surface area contributed by atoms with E-state index in [9.17, 15) is 9.59 Å². The summed E-state index contributed by atoms with van der Waals surface area (Å²) in [4.78, 5) is 25.2. The Morgan fingerprint density at radius 1 is 1.40 bits per heavy atom. The molecule has 3 aliphatic rings. The van der Waals surface area contributed by atoms with Crippen LogP contribution in [-0.2, 0) is 14.3 Å². The third kappa shape index (κ3) is 1.73. The third-order valence-corrected chi connectivity index (χ3v) is 3.00. The van der Waals surface area contributed by atoms with Crippen LogP contribution in [-0.4, -0.2) is 35.5 Å². The van der Waals surface area contributed by atoms with E-state index in [4.69, 9.17) is 4.74 Å². The van der Waals surface area contributed by atoms with E-state index < -0.39 is 5.41 Å². The molecule has 4 heteroatoms. The zero-order chi connectivity index (χ0) is 11.2. The predicted molar refractivity (Wildman–Crippen MR) is 54.1 cm³/mol. The van der Waals surface area contributed by atoms with Crippen molar-refractivity contribution >= 4 is 11.9 Å². The zero-order valence-electron chi connectivity index (χ0n) is 9.45. The molecule has 1 amide bonds. The van der Waals surface area contributed by atoms with Crippen LogP contribution < -0.4 is 0 Å². The van der Waals surface area contributed by atoms with E-state index in [1.807, 2.05) is 20.8 Å². The number of fused-ring (bicyclic) bond motifs is 3. The molecule has 3 saturated heterocycles. The summed E-state index contributed by atoms with van der Waals surface area (Å²) in [5.74, 6) is -0.177. The molecule has 2 atom stereocenters.